The molecule has 0 bridgehead atoms. The number of hydrogen-bond donors (Lipinski definition) is 1. The lowest BCUT2D eigenvalue weighted by atomic mass is 10.1. The Morgan fingerprint density at radius 3 is 2.52 bits per heavy atom. The number of anilines is 1. The van der Waals surface area contributed by atoms with Crippen molar-refractivity contribution >= 4 is 27.0 Å². The average Bonchev–Trinajstić information content (AvgIpc) is 3.52. The molecule has 0 radical (unpaired) electrons. The van der Waals surface area contributed by atoms with Crippen LogP contribution in [0.2, 0.25) is 0 Å². The van der Waals surface area contributed by atoms with Gasteiger partial charge < -0.3 is 9.47 Å². The van der Waals surface area contributed by atoms with Crippen LogP contribution in [0.5, 0.6) is 11.5 Å². The molecule has 9 heteroatoms. The minimum Gasteiger partial charge on any atom is -0.493 e. The average molecular weight is 386 g/mol. The van der Waals surface area contributed by atoms with Crippen molar-refractivity contribution in [3.05, 3.63) is 36.5 Å². The number of methoxy groups -OCH3 is 2. The lowest BCUT2D eigenvalue weighted by Crippen LogP contribution is -2.18. The molecule has 1 N–H and O–H groups in total. The van der Waals surface area contributed by atoms with E-state index in [1.54, 1.807) is 26.4 Å². The molecule has 4 rings (SSSR count). The molecule has 1 aromatic carbocycles. The maximum absolute atomic E-state index is 12.1. The van der Waals surface area contributed by atoms with E-state index in [1.165, 1.54) is 6.20 Å². The van der Waals surface area contributed by atoms with Crippen LogP contribution < -0.4 is 14.2 Å². The van der Waals surface area contributed by atoms with E-state index in [4.69, 9.17) is 9.47 Å². The fourth-order valence-corrected chi connectivity index (χ4v) is 4.02. The SMILES string of the molecule is COc1ccc(-c2ccc3ncc(NS(=O)(=O)C4CC4)nc3n2)cc1OC. The van der Waals surface area contributed by atoms with E-state index in [9.17, 15) is 8.42 Å². The Kier molecular flexibility index (Phi) is 4.31. The van der Waals surface area contributed by atoms with Crippen LogP contribution in [0, 0.1) is 0 Å². The Balaban J connectivity index is 1.70. The zero-order valence-electron chi connectivity index (χ0n) is 14.8. The monoisotopic (exact) mass is 386 g/mol. The lowest BCUT2D eigenvalue weighted by Gasteiger charge is -2.10. The normalized spacial score (nSPS) is 14.1. The van der Waals surface area contributed by atoms with Crippen LogP contribution in [0.25, 0.3) is 22.4 Å². The van der Waals surface area contributed by atoms with Crippen LogP contribution in [-0.2, 0) is 10.0 Å². The van der Waals surface area contributed by atoms with Crippen molar-refractivity contribution in [3.63, 3.8) is 0 Å². The van der Waals surface area contributed by atoms with Gasteiger partial charge in [0.15, 0.2) is 23.0 Å². The zero-order chi connectivity index (χ0) is 19.0. The third kappa shape index (κ3) is 3.50. The Morgan fingerprint density at radius 1 is 1.04 bits per heavy atom. The highest BCUT2D eigenvalue weighted by Gasteiger charge is 2.36. The van der Waals surface area contributed by atoms with E-state index in [1.807, 2.05) is 18.2 Å². The van der Waals surface area contributed by atoms with Crippen molar-refractivity contribution in [2.75, 3.05) is 18.9 Å². The molecule has 0 unspecified atom stereocenters. The van der Waals surface area contributed by atoms with Gasteiger partial charge in [0.2, 0.25) is 10.0 Å². The molecule has 1 aliphatic carbocycles. The van der Waals surface area contributed by atoms with Gasteiger partial charge in [-0.15, -0.1) is 0 Å². The Morgan fingerprint density at radius 2 is 1.81 bits per heavy atom. The van der Waals surface area contributed by atoms with Gasteiger partial charge in [-0.2, -0.15) is 0 Å². The van der Waals surface area contributed by atoms with Gasteiger partial charge in [-0.1, -0.05) is 0 Å². The van der Waals surface area contributed by atoms with Crippen LogP contribution in [0.4, 0.5) is 5.82 Å². The quantitative estimate of drug-likeness (QED) is 0.694. The van der Waals surface area contributed by atoms with E-state index < -0.39 is 10.0 Å². The van der Waals surface area contributed by atoms with Gasteiger partial charge in [-0.25, -0.2) is 23.4 Å². The Hall–Kier alpha value is -2.94. The first-order valence-electron chi connectivity index (χ1n) is 8.38. The highest BCUT2D eigenvalue weighted by atomic mass is 32.2. The molecule has 1 saturated carbocycles. The van der Waals surface area contributed by atoms with Crippen LogP contribution in [0.3, 0.4) is 0 Å². The summed E-state index contributed by atoms with van der Waals surface area (Å²) in [5, 5.41) is -0.332. The number of nitrogens with zero attached hydrogens (tertiary/aromatic N) is 3. The summed E-state index contributed by atoms with van der Waals surface area (Å²) in [4.78, 5) is 13.1. The fourth-order valence-electron chi connectivity index (χ4n) is 2.71. The van der Waals surface area contributed by atoms with E-state index in [0.717, 1.165) is 5.56 Å². The molecule has 2 aromatic heterocycles. The van der Waals surface area contributed by atoms with Crippen molar-refractivity contribution in [2.24, 2.45) is 0 Å². The van der Waals surface area contributed by atoms with Crippen LogP contribution >= 0.6 is 0 Å². The number of sulfonamides is 1. The predicted octanol–water partition coefficient (Wildman–Crippen LogP) is 2.61. The molecular weight excluding hydrogens is 368 g/mol. The van der Waals surface area contributed by atoms with Gasteiger partial charge in [0.1, 0.15) is 5.52 Å². The van der Waals surface area contributed by atoms with Gasteiger partial charge in [-0.05, 0) is 43.2 Å². The van der Waals surface area contributed by atoms with E-state index >= 15 is 0 Å². The van der Waals surface area contributed by atoms with Gasteiger partial charge in [-0.3, -0.25) is 4.72 Å². The second kappa shape index (κ2) is 6.66. The first kappa shape index (κ1) is 17.5. The van der Waals surface area contributed by atoms with Gasteiger partial charge in [0, 0.05) is 5.56 Å². The Labute approximate surface area is 156 Å². The lowest BCUT2D eigenvalue weighted by molar-refractivity contribution is 0.355. The molecule has 0 amide bonds. The molecule has 1 aliphatic rings. The highest BCUT2D eigenvalue weighted by Crippen LogP contribution is 2.32. The molecule has 0 saturated heterocycles. The number of rotatable bonds is 6. The number of nitrogens with one attached hydrogen (secondary N) is 1. The van der Waals surface area contributed by atoms with Crippen molar-refractivity contribution < 1.29 is 17.9 Å². The van der Waals surface area contributed by atoms with E-state index in [0.29, 0.717) is 41.2 Å². The summed E-state index contributed by atoms with van der Waals surface area (Å²) in [7, 11) is -0.255. The van der Waals surface area contributed by atoms with Gasteiger partial charge in [0.25, 0.3) is 0 Å². The maximum Gasteiger partial charge on any atom is 0.236 e. The number of ether oxygens (including phenoxy) is 2. The summed E-state index contributed by atoms with van der Waals surface area (Å²) in [5.41, 5.74) is 2.42. The molecule has 0 spiro atoms. The fraction of sp³-hybridized carbons (Fsp3) is 0.278. The topological polar surface area (TPSA) is 103 Å². The molecule has 8 nitrogen and oxygen atoms in total. The minimum absolute atomic E-state index is 0.173. The van der Waals surface area contributed by atoms with Crippen molar-refractivity contribution in [2.45, 2.75) is 18.1 Å². The second-order valence-electron chi connectivity index (χ2n) is 6.21. The first-order valence-corrected chi connectivity index (χ1v) is 9.92. The summed E-state index contributed by atoms with van der Waals surface area (Å²) in [6, 6.07) is 9.10. The maximum atomic E-state index is 12.1. The molecule has 0 aliphatic heterocycles. The number of aromatic nitrogens is 3. The van der Waals surface area contributed by atoms with Crippen molar-refractivity contribution in [1.82, 2.24) is 15.0 Å². The minimum atomic E-state index is -3.40. The number of benzene rings is 1. The summed E-state index contributed by atoms with van der Waals surface area (Å²) in [6.07, 6.45) is 2.76. The highest BCUT2D eigenvalue weighted by molar-refractivity contribution is 7.93. The number of pyridine rings is 1. The summed E-state index contributed by atoms with van der Waals surface area (Å²) in [6.45, 7) is 0. The summed E-state index contributed by atoms with van der Waals surface area (Å²) in [5.74, 6) is 1.39. The predicted molar refractivity (Wildman–Crippen MR) is 101 cm³/mol. The standard InChI is InChI=1S/C18H18N4O4S/c1-25-15-8-3-11(9-16(15)26-2)13-6-7-14-18(20-13)21-17(10-19-14)22-27(23,24)12-4-5-12/h3,6-10,12H,4-5H2,1-2H3,(H,20,21,22). The van der Waals surface area contributed by atoms with Gasteiger partial charge in [0.05, 0.1) is 31.4 Å². The molecule has 27 heavy (non-hydrogen) atoms. The molecule has 0 atom stereocenters. The molecule has 140 valence electrons. The molecule has 1 fully saturated rings. The summed E-state index contributed by atoms with van der Waals surface area (Å²) >= 11 is 0. The van der Waals surface area contributed by atoms with Crippen LogP contribution in [0.1, 0.15) is 12.8 Å². The second-order valence-corrected chi connectivity index (χ2v) is 8.17. The number of fused-ring (bicyclic) bond motifs is 1. The van der Waals surface area contributed by atoms with E-state index in [-0.39, 0.29) is 11.1 Å². The van der Waals surface area contributed by atoms with Crippen LogP contribution in [-0.4, -0.2) is 42.8 Å². The smallest absolute Gasteiger partial charge is 0.236 e. The van der Waals surface area contributed by atoms with Crippen molar-refractivity contribution in [1.29, 1.82) is 0 Å². The first-order chi connectivity index (χ1) is 13.0. The zero-order valence-corrected chi connectivity index (χ0v) is 15.7. The van der Waals surface area contributed by atoms with Crippen LogP contribution in [0.15, 0.2) is 36.5 Å². The molecule has 3 aromatic rings. The molecule has 2 heterocycles. The van der Waals surface area contributed by atoms with Gasteiger partial charge >= 0.3 is 0 Å². The summed E-state index contributed by atoms with van der Waals surface area (Å²) < 4.78 is 37.3. The number of hydrogen-bond acceptors (Lipinski definition) is 7. The van der Waals surface area contributed by atoms with Crippen molar-refractivity contribution in [3.8, 4) is 22.8 Å². The molecular formula is C18H18N4O4S. The third-order valence-corrected chi connectivity index (χ3v) is 6.14. The Bertz CT molecular complexity index is 1110. The van der Waals surface area contributed by atoms with E-state index in [2.05, 4.69) is 19.7 Å². The third-order valence-electron chi connectivity index (χ3n) is 4.30. The largest absolute Gasteiger partial charge is 0.493 e.